The van der Waals surface area contributed by atoms with Crippen LogP contribution in [0.4, 0.5) is 0 Å². The van der Waals surface area contributed by atoms with E-state index in [1.54, 1.807) is 16.3 Å². The van der Waals surface area contributed by atoms with Crippen LogP contribution >= 0.6 is 11.3 Å². The molecule has 5 nitrogen and oxygen atoms in total. The van der Waals surface area contributed by atoms with Gasteiger partial charge < -0.3 is 4.74 Å². The van der Waals surface area contributed by atoms with Gasteiger partial charge in [0, 0.05) is 5.38 Å². The Balaban J connectivity index is 1.96. The quantitative estimate of drug-likeness (QED) is 0.498. The van der Waals surface area contributed by atoms with Crippen LogP contribution in [0.1, 0.15) is 41.3 Å². The highest BCUT2D eigenvalue weighted by Gasteiger charge is 2.18. The highest BCUT2D eigenvalue weighted by molar-refractivity contribution is 7.17. The van der Waals surface area contributed by atoms with Crippen LogP contribution in [0.25, 0.3) is 10.2 Å². The second-order valence-electron chi connectivity index (χ2n) is 5.92. The molecule has 0 aliphatic rings. The van der Waals surface area contributed by atoms with Gasteiger partial charge in [-0.3, -0.25) is 9.36 Å². The lowest BCUT2D eigenvalue weighted by Crippen LogP contribution is -2.22. The lowest BCUT2D eigenvalue weighted by Gasteiger charge is -2.08. The predicted molar refractivity (Wildman–Crippen MR) is 99.4 cm³/mol. The second kappa shape index (κ2) is 7.61. The maximum absolute atomic E-state index is 12.9. The molecule has 0 saturated carbocycles. The summed E-state index contributed by atoms with van der Waals surface area (Å²) in [6, 6.07) is 7.90. The molecule has 0 amide bonds. The van der Waals surface area contributed by atoms with Gasteiger partial charge in [-0.1, -0.05) is 37.6 Å². The summed E-state index contributed by atoms with van der Waals surface area (Å²) in [6.45, 7) is 4.83. The van der Waals surface area contributed by atoms with Gasteiger partial charge >= 0.3 is 5.97 Å². The molecule has 25 heavy (non-hydrogen) atoms. The minimum Gasteiger partial charge on any atom is -0.462 e. The topological polar surface area (TPSA) is 61.2 Å². The summed E-state index contributed by atoms with van der Waals surface area (Å²) in [5.74, 6) is -0.452. The van der Waals surface area contributed by atoms with Gasteiger partial charge in [0.2, 0.25) is 0 Å². The normalized spacial score (nSPS) is 11.0. The number of esters is 1. The Labute approximate surface area is 149 Å². The smallest absolute Gasteiger partial charge is 0.339 e. The standard InChI is InChI=1S/C19H20N2O3S/c1-3-4-9-24-19(23)15-11-25-17-16(15)18(22)21(12-20-17)10-14-8-6-5-7-13(14)2/h5-8,11-12H,3-4,9-10H2,1-2H3. The van der Waals surface area contributed by atoms with Gasteiger partial charge in [0.25, 0.3) is 5.56 Å². The first-order valence-electron chi connectivity index (χ1n) is 8.30. The van der Waals surface area contributed by atoms with Gasteiger partial charge in [-0.25, -0.2) is 9.78 Å². The molecule has 2 aromatic heterocycles. The molecule has 3 aromatic rings. The lowest BCUT2D eigenvalue weighted by molar-refractivity contribution is 0.0502. The van der Waals surface area contributed by atoms with Crippen LogP contribution in [-0.4, -0.2) is 22.1 Å². The van der Waals surface area contributed by atoms with Crippen LogP contribution < -0.4 is 5.56 Å². The number of ether oxygens (including phenoxy) is 1. The Kier molecular flexibility index (Phi) is 5.28. The summed E-state index contributed by atoms with van der Waals surface area (Å²) >= 11 is 1.29. The molecular weight excluding hydrogens is 336 g/mol. The maximum Gasteiger partial charge on any atom is 0.339 e. The van der Waals surface area contributed by atoms with E-state index >= 15 is 0 Å². The summed E-state index contributed by atoms with van der Waals surface area (Å²) in [4.78, 5) is 30.1. The molecular formula is C19H20N2O3S. The zero-order valence-electron chi connectivity index (χ0n) is 14.3. The zero-order valence-corrected chi connectivity index (χ0v) is 15.1. The average molecular weight is 356 g/mol. The molecule has 0 bridgehead atoms. The Bertz CT molecular complexity index is 959. The first-order valence-corrected chi connectivity index (χ1v) is 9.18. The van der Waals surface area contributed by atoms with Crippen molar-refractivity contribution in [1.82, 2.24) is 9.55 Å². The van der Waals surface area contributed by atoms with E-state index < -0.39 is 5.97 Å². The summed E-state index contributed by atoms with van der Waals surface area (Å²) in [5.41, 5.74) is 2.26. The number of benzene rings is 1. The third kappa shape index (κ3) is 3.64. The van der Waals surface area contributed by atoms with Crippen molar-refractivity contribution in [3.8, 4) is 0 Å². The van der Waals surface area contributed by atoms with Crippen LogP contribution in [0.5, 0.6) is 0 Å². The van der Waals surface area contributed by atoms with Crippen LogP contribution in [-0.2, 0) is 11.3 Å². The number of carbonyl (C=O) groups excluding carboxylic acids is 1. The number of fused-ring (bicyclic) bond motifs is 1. The van der Waals surface area contributed by atoms with Crippen LogP contribution in [0, 0.1) is 6.92 Å². The van der Waals surface area contributed by atoms with Crippen molar-refractivity contribution in [2.45, 2.75) is 33.2 Å². The molecule has 0 atom stereocenters. The largest absolute Gasteiger partial charge is 0.462 e. The average Bonchev–Trinajstić information content (AvgIpc) is 3.04. The number of carbonyl (C=O) groups is 1. The van der Waals surface area contributed by atoms with E-state index in [2.05, 4.69) is 4.98 Å². The maximum atomic E-state index is 12.9. The second-order valence-corrected chi connectivity index (χ2v) is 6.78. The van der Waals surface area contributed by atoms with Crippen molar-refractivity contribution in [2.75, 3.05) is 6.61 Å². The van der Waals surface area contributed by atoms with Crippen molar-refractivity contribution in [3.05, 3.63) is 63.0 Å². The molecule has 0 fully saturated rings. The molecule has 0 aliphatic carbocycles. The number of aromatic nitrogens is 2. The van der Waals surface area contributed by atoms with E-state index in [1.165, 1.54) is 11.3 Å². The number of hydrogen-bond donors (Lipinski definition) is 0. The van der Waals surface area contributed by atoms with Gasteiger partial charge in [0.15, 0.2) is 0 Å². The van der Waals surface area contributed by atoms with Crippen molar-refractivity contribution in [2.24, 2.45) is 0 Å². The van der Waals surface area contributed by atoms with E-state index in [9.17, 15) is 9.59 Å². The monoisotopic (exact) mass is 356 g/mol. The minimum absolute atomic E-state index is 0.211. The SMILES string of the molecule is CCCCOC(=O)c1csc2ncn(Cc3ccccc3C)c(=O)c12. The lowest BCUT2D eigenvalue weighted by atomic mass is 10.1. The van der Waals surface area contributed by atoms with Crippen LogP contribution in [0.2, 0.25) is 0 Å². The molecule has 0 N–H and O–H groups in total. The highest BCUT2D eigenvalue weighted by atomic mass is 32.1. The van der Waals surface area contributed by atoms with Crippen molar-refractivity contribution in [3.63, 3.8) is 0 Å². The first-order chi connectivity index (χ1) is 12.1. The molecule has 0 spiro atoms. The summed E-state index contributed by atoms with van der Waals surface area (Å²) in [6.07, 6.45) is 3.30. The number of aryl methyl sites for hydroxylation is 1. The molecule has 0 saturated heterocycles. The molecule has 6 heteroatoms. The predicted octanol–water partition coefficient (Wildman–Crippen LogP) is 3.77. The molecule has 0 aliphatic heterocycles. The van der Waals surface area contributed by atoms with E-state index in [0.29, 0.717) is 28.9 Å². The molecule has 0 radical (unpaired) electrons. The van der Waals surface area contributed by atoms with Gasteiger partial charge in [-0.2, -0.15) is 0 Å². The molecule has 3 rings (SSSR count). The highest BCUT2D eigenvalue weighted by Crippen LogP contribution is 2.22. The molecule has 1 aromatic carbocycles. The van der Waals surface area contributed by atoms with Crippen LogP contribution in [0.3, 0.4) is 0 Å². The summed E-state index contributed by atoms with van der Waals surface area (Å²) in [7, 11) is 0. The van der Waals surface area contributed by atoms with Crippen molar-refractivity contribution >= 4 is 27.5 Å². The first kappa shape index (κ1) is 17.4. The molecule has 2 heterocycles. The van der Waals surface area contributed by atoms with Crippen LogP contribution in [0.15, 0.2) is 40.8 Å². The van der Waals surface area contributed by atoms with E-state index in [1.807, 2.05) is 38.1 Å². The number of unbranched alkanes of at least 4 members (excludes halogenated alkanes) is 1. The van der Waals surface area contributed by atoms with E-state index in [-0.39, 0.29) is 5.56 Å². The Morgan fingerprint density at radius 2 is 2.12 bits per heavy atom. The third-order valence-electron chi connectivity index (χ3n) is 4.11. The summed E-state index contributed by atoms with van der Waals surface area (Å²) in [5, 5.41) is 2.01. The molecule has 130 valence electrons. The number of thiophene rings is 1. The fourth-order valence-electron chi connectivity index (χ4n) is 2.59. The minimum atomic E-state index is -0.452. The van der Waals surface area contributed by atoms with E-state index in [0.717, 1.165) is 24.0 Å². The van der Waals surface area contributed by atoms with E-state index in [4.69, 9.17) is 4.74 Å². The molecule has 0 unspecified atom stereocenters. The Hall–Kier alpha value is -2.47. The number of nitrogens with zero attached hydrogens (tertiary/aromatic N) is 2. The zero-order chi connectivity index (χ0) is 17.8. The number of rotatable bonds is 6. The fraction of sp³-hybridized carbons (Fsp3) is 0.316. The Morgan fingerprint density at radius 1 is 1.32 bits per heavy atom. The van der Waals surface area contributed by atoms with Crippen molar-refractivity contribution < 1.29 is 9.53 Å². The Morgan fingerprint density at radius 3 is 2.88 bits per heavy atom. The van der Waals surface area contributed by atoms with Gasteiger partial charge in [-0.15, -0.1) is 11.3 Å². The van der Waals surface area contributed by atoms with Gasteiger partial charge in [0.05, 0.1) is 30.4 Å². The van der Waals surface area contributed by atoms with Gasteiger partial charge in [0.1, 0.15) is 4.83 Å². The summed E-state index contributed by atoms with van der Waals surface area (Å²) < 4.78 is 6.80. The van der Waals surface area contributed by atoms with Crippen molar-refractivity contribution in [1.29, 1.82) is 0 Å². The van der Waals surface area contributed by atoms with Gasteiger partial charge in [-0.05, 0) is 24.5 Å². The third-order valence-corrected chi connectivity index (χ3v) is 5.00. The fourth-order valence-corrected chi connectivity index (χ4v) is 3.46. The number of hydrogen-bond acceptors (Lipinski definition) is 5.